The summed E-state index contributed by atoms with van der Waals surface area (Å²) in [5.41, 5.74) is 0.340. The topological polar surface area (TPSA) is 113 Å². The molecule has 8 nitrogen and oxygen atoms in total. The summed E-state index contributed by atoms with van der Waals surface area (Å²) in [6.45, 7) is 0.761. The van der Waals surface area contributed by atoms with Crippen LogP contribution in [0.25, 0.3) is 10.9 Å². The van der Waals surface area contributed by atoms with Crippen LogP contribution in [0.3, 0.4) is 0 Å². The minimum Gasteiger partial charge on any atom is -0.383 e. The molecule has 35 heavy (non-hydrogen) atoms. The van der Waals surface area contributed by atoms with Crippen molar-refractivity contribution in [3.8, 4) is 0 Å². The number of aliphatic hydroxyl groups is 1. The molecule has 1 aliphatic rings. The van der Waals surface area contributed by atoms with Crippen molar-refractivity contribution in [2.45, 2.75) is 29.1 Å². The highest BCUT2D eigenvalue weighted by atomic mass is 35.5. The first kappa shape index (κ1) is 23.8. The Morgan fingerprint density at radius 1 is 1.09 bits per heavy atom. The van der Waals surface area contributed by atoms with Crippen molar-refractivity contribution in [1.82, 2.24) is 19.9 Å². The van der Waals surface area contributed by atoms with E-state index in [0.29, 0.717) is 57.3 Å². The lowest BCUT2D eigenvalue weighted by Crippen LogP contribution is -2.45. The molecule has 1 fully saturated rings. The number of benzene rings is 2. The summed E-state index contributed by atoms with van der Waals surface area (Å²) in [5.74, 6) is -0.373. The Labute approximate surface area is 211 Å². The molecule has 1 N–H and O–H groups in total. The zero-order valence-electron chi connectivity index (χ0n) is 18.5. The van der Waals surface area contributed by atoms with E-state index in [9.17, 15) is 18.3 Å². The molecule has 3 heterocycles. The Morgan fingerprint density at radius 2 is 1.83 bits per heavy atom. The Hall–Kier alpha value is -2.92. The van der Waals surface area contributed by atoms with Gasteiger partial charge in [0.1, 0.15) is 21.3 Å². The van der Waals surface area contributed by atoms with Gasteiger partial charge < -0.3 is 10.0 Å². The molecule has 0 aliphatic carbocycles. The number of carbonyl (C=O) groups excluding carboxylic acids is 1. The van der Waals surface area contributed by atoms with E-state index in [4.69, 9.17) is 11.6 Å². The number of piperidine rings is 1. The number of likely N-dealkylation sites (tertiary alicyclic amines) is 1. The number of hydrogen-bond acceptors (Lipinski definition) is 8. The normalized spacial score (nSPS) is 15.9. The van der Waals surface area contributed by atoms with Gasteiger partial charge in [0.05, 0.1) is 22.4 Å². The van der Waals surface area contributed by atoms with E-state index in [0.717, 1.165) is 0 Å². The highest BCUT2D eigenvalue weighted by Crippen LogP contribution is 2.36. The predicted octanol–water partition coefficient (Wildman–Crippen LogP) is 3.84. The first-order valence-electron chi connectivity index (χ1n) is 10.9. The zero-order chi connectivity index (χ0) is 24.6. The number of amides is 1. The minimum atomic E-state index is -3.66. The third kappa shape index (κ3) is 4.79. The standard InChI is InChI=1S/C24H21ClN4O4S2/c25-20-13-27-23(34-20)24(31)8-10-29(11-9-24)22(30)17-6-4-16(5-7-17)14-35(32,33)19-3-1-2-18-12-26-15-28-21(18)19/h1-7,12-13,15,31H,8-11,14H2. The predicted molar refractivity (Wildman–Crippen MR) is 133 cm³/mol. The molecule has 1 amide bonds. The largest absolute Gasteiger partial charge is 0.383 e. The summed E-state index contributed by atoms with van der Waals surface area (Å²) in [7, 11) is -3.66. The second kappa shape index (κ2) is 9.27. The third-order valence-electron chi connectivity index (χ3n) is 6.14. The Morgan fingerprint density at radius 3 is 2.51 bits per heavy atom. The maximum Gasteiger partial charge on any atom is 0.253 e. The van der Waals surface area contributed by atoms with Crippen LogP contribution in [0.15, 0.2) is 66.1 Å². The lowest BCUT2D eigenvalue weighted by molar-refractivity contribution is -0.0212. The van der Waals surface area contributed by atoms with Crippen molar-refractivity contribution in [1.29, 1.82) is 0 Å². The van der Waals surface area contributed by atoms with Crippen LogP contribution in [-0.4, -0.2) is 52.4 Å². The molecule has 11 heteroatoms. The summed E-state index contributed by atoms with van der Waals surface area (Å²) in [6, 6.07) is 11.6. The number of thiazole rings is 1. The van der Waals surface area contributed by atoms with E-state index in [1.807, 2.05) is 0 Å². The van der Waals surface area contributed by atoms with Gasteiger partial charge in [-0.05, 0) is 23.8 Å². The lowest BCUT2D eigenvalue weighted by Gasteiger charge is -2.37. The molecule has 1 saturated heterocycles. The van der Waals surface area contributed by atoms with Gasteiger partial charge in [0.25, 0.3) is 5.91 Å². The highest BCUT2D eigenvalue weighted by molar-refractivity contribution is 7.90. The van der Waals surface area contributed by atoms with Crippen LogP contribution in [-0.2, 0) is 21.2 Å². The quantitative estimate of drug-likeness (QED) is 0.418. The van der Waals surface area contributed by atoms with Crippen LogP contribution in [0.4, 0.5) is 0 Å². The van der Waals surface area contributed by atoms with Crippen molar-refractivity contribution in [3.63, 3.8) is 0 Å². The molecule has 2 aromatic carbocycles. The highest BCUT2D eigenvalue weighted by Gasteiger charge is 2.38. The fourth-order valence-electron chi connectivity index (χ4n) is 4.22. The molecule has 2 aromatic heterocycles. The van der Waals surface area contributed by atoms with Crippen molar-refractivity contribution in [2.24, 2.45) is 0 Å². The van der Waals surface area contributed by atoms with Crippen molar-refractivity contribution in [2.75, 3.05) is 13.1 Å². The van der Waals surface area contributed by atoms with Gasteiger partial charge in [-0.2, -0.15) is 0 Å². The van der Waals surface area contributed by atoms with Crippen LogP contribution in [0.5, 0.6) is 0 Å². The molecule has 0 spiro atoms. The molecule has 0 unspecified atom stereocenters. The van der Waals surface area contributed by atoms with Crippen LogP contribution in [0.1, 0.15) is 33.8 Å². The number of para-hydroxylation sites is 1. The van der Waals surface area contributed by atoms with Gasteiger partial charge in [0.2, 0.25) is 0 Å². The summed E-state index contributed by atoms with van der Waals surface area (Å²) < 4.78 is 26.7. The van der Waals surface area contributed by atoms with Crippen LogP contribution < -0.4 is 0 Å². The molecule has 0 atom stereocenters. The first-order valence-corrected chi connectivity index (χ1v) is 13.7. The number of carbonyl (C=O) groups is 1. The molecule has 5 rings (SSSR count). The van der Waals surface area contributed by atoms with Gasteiger partial charge in [0.15, 0.2) is 9.84 Å². The van der Waals surface area contributed by atoms with Crippen LogP contribution >= 0.6 is 22.9 Å². The maximum atomic E-state index is 13.1. The molecule has 0 bridgehead atoms. The number of sulfone groups is 1. The number of hydrogen-bond donors (Lipinski definition) is 1. The summed E-state index contributed by atoms with van der Waals surface area (Å²) >= 11 is 7.20. The fourth-order valence-corrected chi connectivity index (χ4v) is 6.82. The van der Waals surface area contributed by atoms with Gasteiger partial charge in [-0.3, -0.25) is 4.79 Å². The Kier molecular flexibility index (Phi) is 6.30. The zero-order valence-corrected chi connectivity index (χ0v) is 20.9. The third-order valence-corrected chi connectivity index (χ3v) is 9.16. The number of halogens is 1. The lowest BCUT2D eigenvalue weighted by atomic mass is 9.91. The number of rotatable bonds is 5. The van der Waals surface area contributed by atoms with Crippen molar-refractivity contribution >= 4 is 49.6 Å². The van der Waals surface area contributed by atoms with E-state index >= 15 is 0 Å². The molecule has 0 radical (unpaired) electrons. The summed E-state index contributed by atoms with van der Waals surface area (Å²) in [4.78, 5) is 27.1. The second-order valence-corrected chi connectivity index (χ2v) is 12.1. The molecular formula is C24H21ClN4O4S2. The molecule has 1 aliphatic heterocycles. The van der Waals surface area contributed by atoms with Gasteiger partial charge in [-0.1, -0.05) is 35.9 Å². The number of aromatic nitrogens is 3. The van der Waals surface area contributed by atoms with Gasteiger partial charge in [-0.15, -0.1) is 11.3 Å². The first-order chi connectivity index (χ1) is 16.7. The summed E-state index contributed by atoms with van der Waals surface area (Å²) in [6.07, 6.45) is 5.17. The van der Waals surface area contributed by atoms with E-state index in [-0.39, 0.29) is 16.6 Å². The van der Waals surface area contributed by atoms with Gasteiger partial charge in [-0.25, -0.2) is 23.4 Å². The van der Waals surface area contributed by atoms with Crippen LogP contribution in [0, 0.1) is 0 Å². The number of fused-ring (bicyclic) bond motifs is 1. The second-order valence-electron chi connectivity index (χ2n) is 8.47. The fraction of sp³-hybridized carbons (Fsp3) is 0.250. The smallest absolute Gasteiger partial charge is 0.253 e. The van der Waals surface area contributed by atoms with Gasteiger partial charge in [0, 0.05) is 43.1 Å². The average molecular weight is 529 g/mol. The molecule has 0 saturated carbocycles. The van der Waals surface area contributed by atoms with Crippen LogP contribution in [0.2, 0.25) is 4.34 Å². The Bertz CT molecular complexity index is 1490. The summed E-state index contributed by atoms with van der Waals surface area (Å²) in [5, 5.41) is 12.1. The molecular weight excluding hydrogens is 508 g/mol. The average Bonchev–Trinajstić information content (AvgIpc) is 3.31. The van der Waals surface area contributed by atoms with Crippen molar-refractivity contribution in [3.05, 3.63) is 81.7 Å². The van der Waals surface area contributed by atoms with Crippen molar-refractivity contribution < 1.29 is 18.3 Å². The number of nitrogens with zero attached hydrogens (tertiary/aromatic N) is 4. The van der Waals surface area contributed by atoms with E-state index in [1.54, 1.807) is 53.6 Å². The Balaban J connectivity index is 1.27. The van der Waals surface area contributed by atoms with E-state index < -0.39 is 15.4 Å². The minimum absolute atomic E-state index is 0.153. The monoisotopic (exact) mass is 528 g/mol. The van der Waals surface area contributed by atoms with E-state index in [2.05, 4.69) is 15.0 Å². The molecule has 180 valence electrons. The van der Waals surface area contributed by atoms with E-state index in [1.165, 1.54) is 23.9 Å². The SMILES string of the molecule is O=C(c1ccc(CS(=O)(=O)c2cccc3cncnc23)cc1)N1CCC(O)(c2ncc(Cl)s2)CC1. The molecule has 4 aromatic rings. The van der Waals surface area contributed by atoms with Gasteiger partial charge >= 0.3 is 0 Å². The maximum absolute atomic E-state index is 13.1.